The Morgan fingerprint density at radius 3 is 3.00 bits per heavy atom. The van der Waals surface area contributed by atoms with E-state index < -0.39 is 5.54 Å². The first-order chi connectivity index (χ1) is 11.0. The number of rotatable bonds is 5. The highest BCUT2D eigenvalue weighted by atomic mass is 79.9. The fourth-order valence-corrected chi connectivity index (χ4v) is 2.82. The molecule has 1 aliphatic carbocycles. The Morgan fingerprint density at radius 2 is 2.30 bits per heavy atom. The lowest BCUT2D eigenvalue weighted by Crippen LogP contribution is -2.48. The van der Waals surface area contributed by atoms with Crippen LogP contribution >= 0.6 is 15.9 Å². The summed E-state index contributed by atoms with van der Waals surface area (Å²) in [6.45, 7) is 1.56. The smallest absolute Gasteiger partial charge is 0.259 e. The maximum Gasteiger partial charge on any atom is 0.259 e. The first-order valence-corrected chi connectivity index (χ1v) is 8.06. The van der Waals surface area contributed by atoms with Gasteiger partial charge in [-0.25, -0.2) is 9.97 Å². The Morgan fingerprint density at radius 1 is 1.52 bits per heavy atom. The Hall–Kier alpha value is -2.20. The van der Waals surface area contributed by atoms with Crippen molar-refractivity contribution < 1.29 is 9.53 Å². The van der Waals surface area contributed by atoms with E-state index in [0.717, 1.165) is 28.2 Å². The van der Waals surface area contributed by atoms with Gasteiger partial charge in [-0.05, 0) is 43.9 Å². The van der Waals surface area contributed by atoms with Gasteiger partial charge in [0.05, 0.1) is 17.0 Å². The molecule has 0 spiro atoms. The molecule has 1 atom stereocenters. The number of hydrogen-bond donors (Lipinski definition) is 1. The zero-order chi connectivity index (χ0) is 16.4. The summed E-state index contributed by atoms with van der Waals surface area (Å²) in [5, 5.41) is 12.7. The number of carbonyl (C=O) groups excluding carboxylic acids is 1. The number of nitriles is 1. The third-order valence-corrected chi connectivity index (χ3v) is 4.42. The van der Waals surface area contributed by atoms with E-state index in [1.54, 1.807) is 6.92 Å². The molecule has 1 amide bonds. The van der Waals surface area contributed by atoms with Crippen molar-refractivity contribution in [2.75, 3.05) is 6.61 Å². The summed E-state index contributed by atoms with van der Waals surface area (Å²) in [6.07, 6.45) is 3.33. The third-order valence-electron chi connectivity index (χ3n) is 3.93. The summed E-state index contributed by atoms with van der Waals surface area (Å²) in [5.41, 5.74) is -0.0875. The van der Waals surface area contributed by atoms with Crippen molar-refractivity contribution in [1.29, 1.82) is 5.26 Å². The number of hydrogen-bond acceptors (Lipinski definition) is 5. The minimum Gasteiger partial charge on any atom is -0.467 e. The quantitative estimate of drug-likeness (QED) is 0.868. The van der Waals surface area contributed by atoms with Crippen molar-refractivity contribution in [2.45, 2.75) is 25.3 Å². The molecule has 1 aliphatic rings. The Labute approximate surface area is 142 Å². The van der Waals surface area contributed by atoms with Gasteiger partial charge in [0.15, 0.2) is 6.61 Å². The molecule has 2 aromatic rings. The molecule has 0 bridgehead atoms. The molecular formula is C16H15BrN4O2. The van der Waals surface area contributed by atoms with Gasteiger partial charge in [0.1, 0.15) is 11.9 Å². The fraction of sp³-hybridized carbons (Fsp3) is 0.375. The molecule has 1 saturated carbocycles. The minimum absolute atomic E-state index is 0.192. The maximum absolute atomic E-state index is 12.1. The second-order valence-electron chi connectivity index (χ2n) is 5.77. The topological polar surface area (TPSA) is 87.9 Å². The van der Waals surface area contributed by atoms with Crippen molar-refractivity contribution in [3.8, 4) is 11.9 Å². The van der Waals surface area contributed by atoms with Gasteiger partial charge in [-0.3, -0.25) is 4.79 Å². The lowest BCUT2D eigenvalue weighted by Gasteiger charge is -2.22. The largest absolute Gasteiger partial charge is 0.467 e. The lowest BCUT2D eigenvalue weighted by molar-refractivity contribution is -0.124. The molecular weight excluding hydrogens is 360 g/mol. The SMILES string of the molecule is CC(C#N)(NC(=O)COc1ncnc2ccc(Br)cc12)C1CC1. The molecule has 23 heavy (non-hydrogen) atoms. The third kappa shape index (κ3) is 3.42. The van der Waals surface area contributed by atoms with E-state index in [0.29, 0.717) is 5.88 Å². The number of carbonyl (C=O) groups is 1. The van der Waals surface area contributed by atoms with Gasteiger partial charge in [-0.2, -0.15) is 5.26 Å². The van der Waals surface area contributed by atoms with Crippen LogP contribution in [-0.4, -0.2) is 28.0 Å². The van der Waals surface area contributed by atoms with E-state index in [-0.39, 0.29) is 18.4 Å². The summed E-state index contributed by atoms with van der Waals surface area (Å²) < 4.78 is 6.41. The lowest BCUT2D eigenvalue weighted by atomic mass is 9.98. The molecule has 0 aliphatic heterocycles. The van der Waals surface area contributed by atoms with Gasteiger partial charge < -0.3 is 10.1 Å². The van der Waals surface area contributed by atoms with Crippen molar-refractivity contribution >= 4 is 32.7 Å². The first kappa shape index (κ1) is 15.7. The average Bonchev–Trinajstić information content (AvgIpc) is 3.38. The van der Waals surface area contributed by atoms with Gasteiger partial charge in [-0.1, -0.05) is 15.9 Å². The Bertz CT molecular complexity index is 800. The van der Waals surface area contributed by atoms with Crippen molar-refractivity contribution in [3.63, 3.8) is 0 Å². The maximum atomic E-state index is 12.1. The predicted molar refractivity (Wildman–Crippen MR) is 87.6 cm³/mol. The number of ether oxygens (including phenoxy) is 1. The van der Waals surface area contributed by atoms with E-state index in [9.17, 15) is 10.1 Å². The summed E-state index contributed by atoms with van der Waals surface area (Å²) >= 11 is 3.39. The molecule has 6 nitrogen and oxygen atoms in total. The summed E-state index contributed by atoms with van der Waals surface area (Å²) in [6, 6.07) is 7.74. The van der Waals surface area contributed by atoms with Crippen LogP contribution in [-0.2, 0) is 4.79 Å². The molecule has 3 rings (SSSR count). The zero-order valence-corrected chi connectivity index (χ0v) is 14.1. The molecule has 1 unspecified atom stereocenters. The highest BCUT2D eigenvalue weighted by Gasteiger charge is 2.43. The van der Waals surface area contributed by atoms with Crippen LogP contribution in [0.5, 0.6) is 5.88 Å². The van der Waals surface area contributed by atoms with Crippen LogP contribution in [0.15, 0.2) is 29.0 Å². The highest BCUT2D eigenvalue weighted by molar-refractivity contribution is 9.10. The Kier molecular flexibility index (Phi) is 4.18. The molecule has 1 fully saturated rings. The number of nitrogens with zero attached hydrogens (tertiary/aromatic N) is 3. The average molecular weight is 375 g/mol. The van der Waals surface area contributed by atoms with Gasteiger partial charge in [0, 0.05) is 4.47 Å². The zero-order valence-electron chi connectivity index (χ0n) is 12.5. The number of amides is 1. The molecule has 7 heteroatoms. The number of fused-ring (bicyclic) bond motifs is 1. The van der Waals surface area contributed by atoms with E-state index in [1.165, 1.54) is 6.33 Å². The van der Waals surface area contributed by atoms with Crippen LogP contribution in [0.1, 0.15) is 19.8 Å². The van der Waals surface area contributed by atoms with Gasteiger partial charge in [-0.15, -0.1) is 0 Å². The van der Waals surface area contributed by atoms with E-state index in [2.05, 4.69) is 37.3 Å². The molecule has 0 radical (unpaired) electrons. The molecule has 1 aromatic heterocycles. The van der Waals surface area contributed by atoms with Crippen molar-refractivity contribution in [2.24, 2.45) is 5.92 Å². The van der Waals surface area contributed by atoms with Crippen LogP contribution in [0.25, 0.3) is 10.9 Å². The number of benzene rings is 1. The second kappa shape index (κ2) is 6.13. The van der Waals surface area contributed by atoms with Gasteiger partial charge >= 0.3 is 0 Å². The van der Waals surface area contributed by atoms with E-state index in [1.807, 2.05) is 18.2 Å². The van der Waals surface area contributed by atoms with Crippen LogP contribution in [0.3, 0.4) is 0 Å². The number of aromatic nitrogens is 2. The van der Waals surface area contributed by atoms with Gasteiger partial charge in [0.25, 0.3) is 5.91 Å². The Balaban J connectivity index is 1.70. The summed E-state index contributed by atoms with van der Waals surface area (Å²) in [7, 11) is 0. The predicted octanol–water partition coefficient (Wildman–Crippen LogP) is 2.58. The molecule has 1 aromatic carbocycles. The number of nitrogens with one attached hydrogen (secondary N) is 1. The van der Waals surface area contributed by atoms with Crippen LogP contribution < -0.4 is 10.1 Å². The van der Waals surface area contributed by atoms with Crippen molar-refractivity contribution in [3.05, 3.63) is 29.0 Å². The minimum atomic E-state index is -0.822. The molecule has 0 saturated heterocycles. The first-order valence-electron chi connectivity index (χ1n) is 7.27. The second-order valence-corrected chi connectivity index (χ2v) is 6.68. The molecule has 118 valence electrons. The normalized spacial score (nSPS) is 16.4. The molecule has 1 heterocycles. The fourth-order valence-electron chi connectivity index (χ4n) is 2.46. The summed E-state index contributed by atoms with van der Waals surface area (Å²) in [5.74, 6) is 0.242. The van der Waals surface area contributed by atoms with E-state index in [4.69, 9.17) is 4.74 Å². The number of halogens is 1. The van der Waals surface area contributed by atoms with Crippen molar-refractivity contribution in [1.82, 2.24) is 15.3 Å². The van der Waals surface area contributed by atoms with Crippen LogP contribution in [0.4, 0.5) is 0 Å². The standard InChI is InChI=1S/C16H15BrN4O2/c1-16(8-18,10-2-3-10)21-14(22)7-23-15-12-6-11(17)4-5-13(12)19-9-20-15/h4-6,9-10H,2-3,7H2,1H3,(H,21,22). The summed E-state index contributed by atoms with van der Waals surface area (Å²) in [4.78, 5) is 20.3. The monoisotopic (exact) mass is 374 g/mol. The van der Waals surface area contributed by atoms with Crippen LogP contribution in [0, 0.1) is 17.2 Å². The van der Waals surface area contributed by atoms with Gasteiger partial charge in [0.2, 0.25) is 5.88 Å². The molecule has 1 N–H and O–H groups in total. The van der Waals surface area contributed by atoms with Crippen LogP contribution in [0.2, 0.25) is 0 Å². The highest BCUT2D eigenvalue weighted by Crippen LogP contribution is 2.39. The van der Waals surface area contributed by atoms with E-state index >= 15 is 0 Å².